The summed E-state index contributed by atoms with van der Waals surface area (Å²) in [5.41, 5.74) is -0.336. The van der Waals surface area contributed by atoms with Crippen LogP contribution in [0, 0.1) is 10.1 Å². The summed E-state index contributed by atoms with van der Waals surface area (Å²) in [6.45, 7) is -0.610. The van der Waals surface area contributed by atoms with Gasteiger partial charge in [-0.15, -0.1) is 0 Å². The normalized spacial score (nSPS) is 18.2. The zero-order valence-electron chi connectivity index (χ0n) is 11.0. The summed E-state index contributed by atoms with van der Waals surface area (Å²) in [7, 11) is 1.43. The number of hydrogen-bond donors (Lipinski definition) is 2. The van der Waals surface area contributed by atoms with Crippen LogP contribution in [0.3, 0.4) is 0 Å². The van der Waals surface area contributed by atoms with Crippen LogP contribution >= 0.6 is 0 Å². The molecule has 10 nitrogen and oxygen atoms in total. The lowest BCUT2D eigenvalue weighted by atomic mass is 10.1. The molecule has 1 atom stereocenters. The molecule has 0 saturated carbocycles. The van der Waals surface area contributed by atoms with Crippen LogP contribution in [0.25, 0.3) is 0 Å². The number of rotatable bonds is 3. The number of hydrogen-bond acceptors (Lipinski definition) is 5. The van der Waals surface area contributed by atoms with E-state index in [2.05, 4.69) is 5.32 Å². The molecule has 0 spiro atoms. The van der Waals surface area contributed by atoms with E-state index in [1.165, 1.54) is 11.6 Å². The van der Waals surface area contributed by atoms with Crippen molar-refractivity contribution in [1.82, 2.24) is 14.8 Å². The van der Waals surface area contributed by atoms with Gasteiger partial charge in [-0.1, -0.05) is 0 Å². The van der Waals surface area contributed by atoms with E-state index < -0.39 is 35.3 Å². The molecule has 2 N–H and O–H groups in total. The Morgan fingerprint density at radius 2 is 2.19 bits per heavy atom. The molecule has 1 aromatic heterocycles. The van der Waals surface area contributed by atoms with Crippen molar-refractivity contribution in [3.05, 3.63) is 28.1 Å². The lowest BCUT2D eigenvalue weighted by Crippen LogP contribution is -2.59. The van der Waals surface area contributed by atoms with Crippen molar-refractivity contribution in [3.8, 4) is 0 Å². The van der Waals surface area contributed by atoms with Crippen LogP contribution in [0.2, 0.25) is 0 Å². The molecule has 0 bridgehead atoms. The predicted octanol–water partition coefficient (Wildman–Crippen LogP) is -1.04. The minimum Gasteiger partial charge on any atom is -0.480 e. The molecule has 0 radical (unpaired) electrons. The van der Waals surface area contributed by atoms with Crippen LogP contribution in [0.1, 0.15) is 10.5 Å². The molecule has 0 aliphatic carbocycles. The SMILES string of the molecule is Cn1cc([N+](=O)[O-])cc1C(=O)N1CC(=O)NCC1C(=O)O. The van der Waals surface area contributed by atoms with Crippen molar-refractivity contribution in [3.63, 3.8) is 0 Å². The maximum Gasteiger partial charge on any atom is 0.328 e. The third-order valence-corrected chi connectivity index (χ3v) is 3.15. The van der Waals surface area contributed by atoms with Crippen molar-refractivity contribution in [2.24, 2.45) is 7.05 Å². The van der Waals surface area contributed by atoms with Crippen molar-refractivity contribution < 1.29 is 24.4 Å². The van der Waals surface area contributed by atoms with Crippen molar-refractivity contribution in [1.29, 1.82) is 0 Å². The molecule has 1 aromatic rings. The summed E-state index contributed by atoms with van der Waals surface area (Å²) in [6.07, 6.45) is 1.15. The van der Waals surface area contributed by atoms with Gasteiger partial charge in [-0.05, 0) is 0 Å². The minimum atomic E-state index is -1.26. The van der Waals surface area contributed by atoms with Crippen molar-refractivity contribution >= 4 is 23.5 Å². The fourth-order valence-electron chi connectivity index (χ4n) is 2.08. The smallest absolute Gasteiger partial charge is 0.328 e. The number of carbonyl (C=O) groups is 3. The molecular formula is C11H12N4O6. The van der Waals surface area contributed by atoms with Crippen LogP contribution in [0.5, 0.6) is 0 Å². The summed E-state index contributed by atoms with van der Waals surface area (Å²) in [5.74, 6) is -2.48. The molecule has 1 fully saturated rings. The van der Waals surface area contributed by atoms with E-state index in [0.29, 0.717) is 0 Å². The Labute approximate surface area is 118 Å². The highest BCUT2D eigenvalue weighted by atomic mass is 16.6. The Morgan fingerprint density at radius 3 is 2.71 bits per heavy atom. The number of amides is 2. The number of aliphatic carboxylic acids is 1. The second-order valence-corrected chi connectivity index (χ2v) is 4.54. The molecule has 2 rings (SSSR count). The number of nitrogens with one attached hydrogen (secondary N) is 1. The summed E-state index contributed by atoms with van der Waals surface area (Å²) < 4.78 is 1.23. The molecule has 10 heteroatoms. The van der Waals surface area contributed by atoms with Crippen LogP contribution in [0.4, 0.5) is 5.69 Å². The average molecular weight is 296 g/mol. The number of carboxylic acid groups (broad SMARTS) is 1. The summed E-state index contributed by atoms with van der Waals surface area (Å²) >= 11 is 0. The molecule has 21 heavy (non-hydrogen) atoms. The quantitative estimate of drug-likeness (QED) is 0.540. The summed E-state index contributed by atoms with van der Waals surface area (Å²) in [6, 6.07) is -0.155. The second-order valence-electron chi connectivity index (χ2n) is 4.54. The van der Waals surface area contributed by atoms with Gasteiger partial charge in [0.1, 0.15) is 18.3 Å². The molecule has 112 valence electrons. The van der Waals surface area contributed by atoms with Gasteiger partial charge < -0.3 is 19.9 Å². The lowest BCUT2D eigenvalue weighted by Gasteiger charge is -2.32. The van der Waals surface area contributed by atoms with Gasteiger partial charge >= 0.3 is 5.97 Å². The maximum atomic E-state index is 12.4. The molecular weight excluding hydrogens is 284 g/mol. The first-order valence-electron chi connectivity index (χ1n) is 5.92. The standard InChI is InChI=1S/C11H12N4O6/c1-13-4-6(15(20)21)2-7(13)10(17)14-5-9(16)12-3-8(14)11(18)19/h2,4,8H,3,5H2,1H3,(H,12,16)(H,18,19). The molecule has 1 unspecified atom stereocenters. The van der Waals surface area contributed by atoms with Crippen LogP contribution in [0.15, 0.2) is 12.3 Å². The Balaban J connectivity index is 2.34. The molecule has 2 heterocycles. The largest absolute Gasteiger partial charge is 0.480 e. The van der Waals surface area contributed by atoms with E-state index in [4.69, 9.17) is 5.11 Å². The van der Waals surface area contributed by atoms with Gasteiger partial charge in [0, 0.05) is 19.7 Å². The fraction of sp³-hybridized carbons (Fsp3) is 0.364. The number of aromatic nitrogens is 1. The number of piperazine rings is 1. The van der Waals surface area contributed by atoms with Gasteiger partial charge in [-0.3, -0.25) is 19.7 Å². The highest BCUT2D eigenvalue weighted by Gasteiger charge is 2.37. The Kier molecular flexibility index (Phi) is 3.61. The van der Waals surface area contributed by atoms with Gasteiger partial charge in [-0.25, -0.2) is 4.79 Å². The fourth-order valence-corrected chi connectivity index (χ4v) is 2.08. The number of carbonyl (C=O) groups excluding carboxylic acids is 2. The average Bonchev–Trinajstić information content (AvgIpc) is 2.79. The number of aryl methyl sites for hydroxylation is 1. The van der Waals surface area contributed by atoms with Gasteiger partial charge in [0.2, 0.25) is 5.91 Å². The first kappa shape index (κ1) is 14.5. The first-order chi connectivity index (χ1) is 9.81. The zero-order chi connectivity index (χ0) is 15.7. The minimum absolute atomic E-state index is 0.0531. The number of nitro groups is 1. The van der Waals surface area contributed by atoms with Crippen LogP contribution in [-0.4, -0.2) is 56.4 Å². The maximum absolute atomic E-state index is 12.4. The monoisotopic (exact) mass is 296 g/mol. The second kappa shape index (κ2) is 5.23. The zero-order valence-corrected chi connectivity index (χ0v) is 11.0. The highest BCUT2D eigenvalue weighted by Crippen LogP contribution is 2.18. The van der Waals surface area contributed by atoms with E-state index in [9.17, 15) is 24.5 Å². The predicted molar refractivity (Wildman–Crippen MR) is 67.5 cm³/mol. The third kappa shape index (κ3) is 2.68. The van der Waals surface area contributed by atoms with Gasteiger partial charge in [0.25, 0.3) is 11.6 Å². The molecule has 1 aliphatic heterocycles. The first-order valence-corrected chi connectivity index (χ1v) is 5.92. The van der Waals surface area contributed by atoms with E-state index >= 15 is 0 Å². The third-order valence-electron chi connectivity index (χ3n) is 3.15. The number of carboxylic acids is 1. The summed E-state index contributed by atoms with van der Waals surface area (Å²) in [5, 5.41) is 22.2. The van der Waals surface area contributed by atoms with E-state index in [1.54, 1.807) is 0 Å². The van der Waals surface area contributed by atoms with E-state index in [1.807, 2.05) is 0 Å². The Bertz CT molecular complexity index is 637. The highest BCUT2D eigenvalue weighted by molar-refractivity contribution is 5.99. The van der Waals surface area contributed by atoms with Gasteiger partial charge in [-0.2, -0.15) is 0 Å². The van der Waals surface area contributed by atoms with Crippen molar-refractivity contribution in [2.45, 2.75) is 6.04 Å². The van der Waals surface area contributed by atoms with Crippen LogP contribution in [-0.2, 0) is 16.6 Å². The topological polar surface area (TPSA) is 135 Å². The molecule has 0 aromatic carbocycles. The van der Waals surface area contributed by atoms with Gasteiger partial charge in [0.15, 0.2) is 0 Å². The molecule has 1 saturated heterocycles. The molecule has 1 aliphatic rings. The molecule has 2 amide bonds. The Morgan fingerprint density at radius 1 is 1.52 bits per heavy atom. The van der Waals surface area contributed by atoms with Crippen LogP contribution < -0.4 is 5.32 Å². The number of nitrogens with zero attached hydrogens (tertiary/aromatic N) is 3. The Hall–Kier alpha value is -2.91. The van der Waals surface area contributed by atoms with Crippen molar-refractivity contribution in [2.75, 3.05) is 13.1 Å². The lowest BCUT2D eigenvalue weighted by molar-refractivity contribution is -0.384. The van der Waals surface area contributed by atoms with Gasteiger partial charge in [0.05, 0.1) is 11.1 Å². The van der Waals surface area contributed by atoms with E-state index in [0.717, 1.165) is 17.2 Å². The van der Waals surface area contributed by atoms with E-state index in [-0.39, 0.29) is 17.9 Å². The summed E-state index contributed by atoms with van der Waals surface area (Å²) in [4.78, 5) is 45.8.